The van der Waals surface area contributed by atoms with Gasteiger partial charge in [0.15, 0.2) is 0 Å². The Morgan fingerprint density at radius 3 is 1.96 bits per heavy atom. The Bertz CT molecular complexity index is 238. The van der Waals surface area contributed by atoms with Crippen molar-refractivity contribution in [2.24, 2.45) is 11.8 Å². The van der Waals surface area contributed by atoms with Crippen LogP contribution < -0.4 is 0 Å². The van der Waals surface area contributed by atoms with Gasteiger partial charge >= 0.3 is 6.18 Å². The molecule has 0 aliphatic heterocycles. The molecule has 0 amide bonds. The average molecular weight is 680 g/mol. The molecule has 0 saturated carbocycles. The molecule has 0 aromatic rings. The van der Waals surface area contributed by atoms with Crippen molar-refractivity contribution >= 4 is 8.80 Å². The predicted molar refractivity (Wildman–Crippen MR) is 91.1 cm³/mol. The second-order valence-electron chi connectivity index (χ2n) is 6.65. The van der Waals surface area contributed by atoms with Crippen LogP contribution in [-0.4, -0.2) is 15.0 Å². The zero-order chi connectivity index (χ0) is 17.1. The standard InChI is InChI=1S/C10H23Si.C7H12F3.Rf.Y/c1-6-9(2)7-10(3)8-11(4)5;1-3-4-5-6(2)7(8,9)10;;/h9,11H,6-8H2,1-5H3;6H,2-5H2,1H3;;/q2*-1;;. The molecule has 2 atom stereocenters. The van der Waals surface area contributed by atoms with E-state index in [4.69, 9.17) is 0 Å². The minimum atomic E-state index is -4.10. The summed E-state index contributed by atoms with van der Waals surface area (Å²) in [6.07, 6.45) is 0.142. The fraction of sp³-hybridized carbons (Fsp3) is 0.882. The molecule has 0 fully saturated rings. The first-order valence-electron chi connectivity index (χ1n) is 8.25. The van der Waals surface area contributed by atoms with E-state index in [-0.39, 0.29) is 47.9 Å². The fourth-order valence-electron chi connectivity index (χ4n) is 2.13. The molecular formula is C17H35F3RfSiY-2. The molecule has 1 radical (unpaired) electrons. The summed E-state index contributed by atoms with van der Waals surface area (Å²) >= 11 is 0. The van der Waals surface area contributed by atoms with Gasteiger partial charge in [0.25, 0.3) is 0 Å². The van der Waals surface area contributed by atoms with E-state index in [0.29, 0.717) is 6.42 Å². The van der Waals surface area contributed by atoms with E-state index >= 15 is 0 Å². The monoisotopic (exact) mass is 680 g/mol. The molecule has 0 rings (SSSR count). The molecule has 6 heteroatoms. The second-order valence-corrected chi connectivity index (χ2v) is 9.85. The molecule has 23 heavy (non-hydrogen) atoms. The molecule has 0 aliphatic rings. The normalized spacial score (nSPS) is 13.6. The van der Waals surface area contributed by atoms with Crippen LogP contribution in [0.2, 0.25) is 19.1 Å². The summed E-state index contributed by atoms with van der Waals surface area (Å²) in [6.45, 7) is 16.7. The van der Waals surface area contributed by atoms with Crippen molar-refractivity contribution in [1.82, 2.24) is 0 Å². The third kappa shape index (κ3) is 22.1. The van der Waals surface area contributed by atoms with Crippen LogP contribution in [-0.2, 0) is 32.7 Å². The molecule has 2 unspecified atom stereocenters. The van der Waals surface area contributed by atoms with Gasteiger partial charge in [-0.05, 0) is 0 Å². The van der Waals surface area contributed by atoms with Crippen LogP contribution in [0.4, 0.5) is 13.2 Å². The summed E-state index contributed by atoms with van der Waals surface area (Å²) < 4.78 is 35.1. The quantitative estimate of drug-likeness (QED) is 0.198. The zero-order valence-electron chi connectivity index (χ0n) is 16.1. The van der Waals surface area contributed by atoms with Gasteiger partial charge in [-0.1, -0.05) is 71.4 Å². The number of alkyl halides is 3. The molecule has 0 aromatic carbocycles. The molecule has 0 spiro atoms. The predicted octanol–water partition coefficient (Wildman–Crippen LogP) is 6.69. The van der Waals surface area contributed by atoms with Crippen LogP contribution in [0.5, 0.6) is 0 Å². The van der Waals surface area contributed by atoms with Gasteiger partial charge in [0, 0.05) is 41.5 Å². The van der Waals surface area contributed by atoms with Gasteiger partial charge in [-0.15, -0.1) is 0 Å². The van der Waals surface area contributed by atoms with Gasteiger partial charge in [-0.2, -0.15) is 32.6 Å². The molecule has 0 N–H and O–H groups in total. The van der Waals surface area contributed by atoms with Crippen LogP contribution in [0.25, 0.3) is 0 Å². The summed E-state index contributed by atoms with van der Waals surface area (Å²) in [5.41, 5.74) is 0. The largest absolute Gasteiger partial charge is 0.365 e. The van der Waals surface area contributed by atoms with Crippen LogP contribution in [0.15, 0.2) is 0 Å². The van der Waals surface area contributed by atoms with Gasteiger partial charge in [0.1, 0.15) is 0 Å². The fourth-order valence-corrected chi connectivity index (χ4v) is 3.69. The Hall–Kier alpha value is 0.111. The molecule has 0 heterocycles. The van der Waals surface area contributed by atoms with E-state index in [0.717, 1.165) is 12.3 Å². The van der Waals surface area contributed by atoms with E-state index in [1.165, 1.54) is 18.9 Å². The number of halogens is 3. The molecule has 0 nitrogen and oxygen atoms in total. The summed E-state index contributed by atoms with van der Waals surface area (Å²) in [5, 5.41) is 0. The van der Waals surface area contributed by atoms with E-state index in [2.05, 4.69) is 40.8 Å². The first-order chi connectivity index (χ1) is 9.54. The molecule has 0 aromatic heterocycles. The maximum atomic E-state index is 11.7. The zero-order valence-corrected chi connectivity index (χ0v) is 26.5. The third-order valence-corrected chi connectivity index (χ3v) is 5.03. The van der Waals surface area contributed by atoms with Crippen molar-refractivity contribution < 1.29 is 45.9 Å². The first kappa shape index (κ1) is 30.9. The van der Waals surface area contributed by atoms with E-state index in [1.54, 1.807) is 5.92 Å². The minimum Gasteiger partial charge on any atom is -0.332 e. The smallest absolute Gasteiger partial charge is 0.332 e. The van der Waals surface area contributed by atoms with Crippen LogP contribution in [0.3, 0.4) is 0 Å². The molecule has 135 valence electrons. The van der Waals surface area contributed by atoms with Gasteiger partial charge < -0.3 is 12.8 Å². The van der Waals surface area contributed by atoms with Gasteiger partial charge in [0.2, 0.25) is 0 Å². The second kappa shape index (κ2) is 17.0. The van der Waals surface area contributed by atoms with E-state index in [9.17, 15) is 13.2 Å². The minimum absolute atomic E-state index is 0. The Kier molecular flexibility index (Phi) is 22.8. The Balaban J connectivity index is -0.000000145. The third-order valence-electron chi connectivity index (χ3n) is 3.52. The Morgan fingerprint density at radius 1 is 1.17 bits per heavy atom. The summed E-state index contributed by atoms with van der Waals surface area (Å²) in [5.74, 6) is 1.26. The number of unbranched alkanes of at least 4 members (excludes halogenated alkanes) is 1. The van der Waals surface area contributed by atoms with Gasteiger partial charge in [-0.25, -0.2) is 0 Å². The topological polar surface area (TPSA) is 0 Å². The maximum Gasteiger partial charge on any atom is 0.365 e. The number of rotatable bonds is 8. The SMILES string of the molecule is CCC(C)C[C-](C)C[SiH](C)C.[CH2-]C(CCCC)C(F)(F)F.[Rf].[Y]. The Labute approximate surface area is 163 Å². The van der Waals surface area contributed by atoms with Gasteiger partial charge in [-0.3, -0.25) is 0 Å². The summed E-state index contributed by atoms with van der Waals surface area (Å²) in [4.78, 5) is 0. The molecule has 0 saturated heterocycles. The number of hydrogen-bond donors (Lipinski definition) is 0. The summed E-state index contributed by atoms with van der Waals surface area (Å²) in [6, 6.07) is 1.45. The Morgan fingerprint density at radius 2 is 1.65 bits per heavy atom. The van der Waals surface area contributed by atoms with Crippen LogP contribution >= 0.6 is 0 Å². The van der Waals surface area contributed by atoms with E-state index in [1.807, 2.05) is 6.92 Å². The van der Waals surface area contributed by atoms with Crippen molar-refractivity contribution in [2.75, 3.05) is 0 Å². The van der Waals surface area contributed by atoms with Crippen molar-refractivity contribution in [3.8, 4) is 0 Å². The van der Waals surface area contributed by atoms with Crippen molar-refractivity contribution in [3.05, 3.63) is 12.8 Å². The first-order valence-corrected chi connectivity index (χ1v) is 11.4. The number of hydrogen-bond acceptors (Lipinski definition) is 0. The van der Waals surface area contributed by atoms with Crippen LogP contribution in [0.1, 0.15) is 59.8 Å². The molecule has 0 aliphatic carbocycles. The molecule has 0 bridgehead atoms. The summed E-state index contributed by atoms with van der Waals surface area (Å²) in [7, 11) is -0.335. The van der Waals surface area contributed by atoms with E-state index < -0.39 is 12.1 Å². The van der Waals surface area contributed by atoms with Crippen LogP contribution in [0, 0.1) is 24.7 Å². The van der Waals surface area contributed by atoms with Crippen molar-refractivity contribution in [3.63, 3.8) is 0 Å². The average Bonchev–Trinajstić information content (AvgIpc) is 2.34. The maximum absolute atomic E-state index is 11.7. The van der Waals surface area contributed by atoms with Crippen molar-refractivity contribution in [1.29, 1.82) is 0 Å². The van der Waals surface area contributed by atoms with Gasteiger partial charge in [0.05, 0.1) is 0 Å². The van der Waals surface area contributed by atoms with Crippen molar-refractivity contribution in [2.45, 2.75) is 85.1 Å². The molecular weight excluding hydrogens is 645 g/mol.